The summed E-state index contributed by atoms with van der Waals surface area (Å²) in [4.78, 5) is 43.7. The van der Waals surface area contributed by atoms with Crippen LogP contribution in [-0.2, 0) is 40.0 Å². The van der Waals surface area contributed by atoms with E-state index in [1.165, 1.54) is 11.9 Å². The van der Waals surface area contributed by atoms with Crippen LogP contribution in [-0.4, -0.2) is 59.5 Å². The summed E-state index contributed by atoms with van der Waals surface area (Å²) >= 11 is 0. The molecule has 1 aromatic carbocycles. The second kappa shape index (κ2) is 5.56. The Kier molecular flexibility index (Phi) is 3.61. The zero-order chi connectivity index (χ0) is 19.6. The van der Waals surface area contributed by atoms with E-state index in [0.717, 1.165) is 22.3 Å². The maximum atomic E-state index is 12.7. The lowest BCUT2D eigenvalue weighted by Crippen LogP contribution is -2.48. The fraction of sp³-hybridized carbons (Fsp3) is 0.500. The van der Waals surface area contributed by atoms with Crippen LogP contribution in [0.15, 0.2) is 12.1 Å². The minimum Gasteiger partial charge on any atom is -0.460 e. The van der Waals surface area contributed by atoms with Crippen molar-refractivity contribution in [3.63, 3.8) is 0 Å². The molecule has 1 aromatic rings. The quantitative estimate of drug-likeness (QED) is 0.450. The Morgan fingerprint density at radius 3 is 2.04 bits per heavy atom. The van der Waals surface area contributed by atoms with Gasteiger partial charge in [-0.05, 0) is 29.2 Å². The number of imide groups is 1. The molecule has 0 unspecified atom stereocenters. The van der Waals surface area contributed by atoms with Crippen molar-refractivity contribution in [1.82, 2.24) is 9.80 Å². The molecule has 1 saturated heterocycles. The maximum absolute atomic E-state index is 12.7. The number of fused-ring (bicyclic) bond motifs is 2. The zero-order valence-electron chi connectivity index (χ0n) is 15.7. The Balaban J connectivity index is 1.67. The van der Waals surface area contributed by atoms with Crippen LogP contribution in [0.5, 0.6) is 0 Å². The highest BCUT2D eigenvalue weighted by Crippen LogP contribution is 2.43. The molecule has 0 atom stereocenters. The third kappa shape index (κ3) is 2.16. The van der Waals surface area contributed by atoms with Gasteiger partial charge in [0.1, 0.15) is 5.54 Å². The van der Waals surface area contributed by atoms with E-state index >= 15 is 0 Å². The van der Waals surface area contributed by atoms with Crippen LogP contribution in [0.1, 0.15) is 29.2 Å². The summed E-state index contributed by atoms with van der Waals surface area (Å²) in [6.45, 7) is 9.54. The molecule has 7 heteroatoms. The topological polar surface area (TPSA) is 71.3 Å². The molecule has 4 rings (SSSR count). The SMILES string of the molecule is [C-]#[N+]C1(C(=O)OCC)Cc2cc3c(cc2C1)CC1(C3)C(=O)N(C)C(=O)N1C. The lowest BCUT2D eigenvalue weighted by molar-refractivity contribution is -0.147. The third-order valence-corrected chi connectivity index (χ3v) is 6.24. The molecule has 1 heterocycles. The highest BCUT2D eigenvalue weighted by molar-refractivity contribution is 6.07. The molecule has 27 heavy (non-hydrogen) atoms. The van der Waals surface area contributed by atoms with Gasteiger partial charge in [0.25, 0.3) is 5.91 Å². The average Bonchev–Trinajstić information content (AvgIpc) is 3.25. The molecule has 3 amide bonds. The molecule has 0 aromatic heterocycles. The van der Waals surface area contributed by atoms with Crippen molar-refractivity contribution in [2.24, 2.45) is 0 Å². The number of rotatable bonds is 2. The Morgan fingerprint density at radius 1 is 1.11 bits per heavy atom. The van der Waals surface area contributed by atoms with Crippen LogP contribution in [0.25, 0.3) is 4.85 Å². The summed E-state index contributed by atoms with van der Waals surface area (Å²) in [5.74, 6) is -0.640. The lowest BCUT2D eigenvalue weighted by atomic mass is 9.94. The second-order valence-corrected chi connectivity index (χ2v) is 7.70. The van der Waals surface area contributed by atoms with Crippen LogP contribution >= 0.6 is 0 Å². The monoisotopic (exact) mass is 367 g/mol. The molecular weight excluding hydrogens is 346 g/mol. The van der Waals surface area contributed by atoms with E-state index in [4.69, 9.17) is 11.3 Å². The van der Waals surface area contributed by atoms with Gasteiger partial charge in [0, 0.05) is 26.9 Å². The van der Waals surface area contributed by atoms with Gasteiger partial charge >= 0.3 is 17.5 Å². The summed E-state index contributed by atoms with van der Waals surface area (Å²) in [6.07, 6.45) is 1.58. The van der Waals surface area contributed by atoms with E-state index in [1.807, 2.05) is 12.1 Å². The Hall–Kier alpha value is -2.88. The van der Waals surface area contributed by atoms with Crippen LogP contribution in [0.4, 0.5) is 4.79 Å². The molecule has 0 saturated carbocycles. The minimum absolute atomic E-state index is 0.173. The Labute approximate surface area is 157 Å². The molecule has 3 aliphatic rings. The number of carbonyl (C=O) groups excluding carboxylic acids is 3. The molecule has 0 bridgehead atoms. The fourth-order valence-corrected chi connectivity index (χ4v) is 4.71. The molecule has 1 fully saturated rings. The van der Waals surface area contributed by atoms with Gasteiger partial charge in [-0.15, -0.1) is 0 Å². The maximum Gasteiger partial charge on any atom is 0.394 e. The normalized spacial score (nSPS) is 21.4. The van der Waals surface area contributed by atoms with Gasteiger partial charge in [-0.1, -0.05) is 12.1 Å². The first-order chi connectivity index (χ1) is 12.8. The van der Waals surface area contributed by atoms with Gasteiger partial charge in [0.2, 0.25) is 0 Å². The third-order valence-electron chi connectivity index (χ3n) is 6.24. The van der Waals surface area contributed by atoms with Crippen LogP contribution in [0.2, 0.25) is 0 Å². The van der Waals surface area contributed by atoms with Crippen molar-refractivity contribution >= 4 is 17.9 Å². The van der Waals surface area contributed by atoms with Gasteiger partial charge in [0.15, 0.2) is 0 Å². The van der Waals surface area contributed by atoms with Gasteiger partial charge in [-0.25, -0.2) is 16.2 Å². The number of amides is 3. The average molecular weight is 367 g/mol. The lowest BCUT2D eigenvalue weighted by Gasteiger charge is -2.27. The molecule has 7 nitrogen and oxygen atoms in total. The van der Waals surface area contributed by atoms with E-state index in [2.05, 4.69) is 4.85 Å². The summed E-state index contributed by atoms with van der Waals surface area (Å²) < 4.78 is 5.13. The Morgan fingerprint density at radius 2 is 1.63 bits per heavy atom. The molecule has 0 radical (unpaired) electrons. The first-order valence-corrected chi connectivity index (χ1v) is 9.03. The van der Waals surface area contributed by atoms with Gasteiger partial charge in [0.05, 0.1) is 19.4 Å². The van der Waals surface area contributed by atoms with Crippen LogP contribution in [0, 0.1) is 6.57 Å². The van der Waals surface area contributed by atoms with Gasteiger partial charge in [-0.3, -0.25) is 14.5 Å². The second-order valence-electron chi connectivity index (χ2n) is 7.70. The molecule has 140 valence electrons. The summed E-state index contributed by atoms with van der Waals surface area (Å²) in [6, 6.07) is 3.74. The summed E-state index contributed by atoms with van der Waals surface area (Å²) in [7, 11) is 3.19. The van der Waals surface area contributed by atoms with E-state index in [0.29, 0.717) is 25.7 Å². The van der Waals surface area contributed by atoms with Crippen LogP contribution < -0.4 is 0 Å². The van der Waals surface area contributed by atoms with Crippen molar-refractivity contribution in [2.45, 2.75) is 43.7 Å². The van der Waals surface area contributed by atoms with Gasteiger partial charge in [-0.2, -0.15) is 0 Å². The predicted octanol–water partition coefficient (Wildman–Crippen LogP) is 1.37. The number of likely N-dealkylation sites (N-methyl/N-ethyl adjacent to an activating group) is 2. The van der Waals surface area contributed by atoms with E-state index in [1.54, 1.807) is 18.9 Å². The van der Waals surface area contributed by atoms with Crippen molar-refractivity contribution < 1.29 is 19.1 Å². The summed E-state index contributed by atoms with van der Waals surface area (Å²) in [5.41, 5.74) is 1.93. The highest BCUT2D eigenvalue weighted by Gasteiger charge is 2.58. The van der Waals surface area contributed by atoms with Crippen molar-refractivity contribution in [1.29, 1.82) is 0 Å². The van der Waals surface area contributed by atoms with E-state index in [-0.39, 0.29) is 18.5 Å². The number of nitrogens with zero attached hydrogens (tertiary/aromatic N) is 3. The molecule has 1 aliphatic heterocycles. The molecule has 2 aliphatic carbocycles. The van der Waals surface area contributed by atoms with Crippen molar-refractivity contribution in [3.8, 4) is 0 Å². The van der Waals surface area contributed by atoms with Crippen molar-refractivity contribution in [2.75, 3.05) is 20.7 Å². The number of hydrogen-bond donors (Lipinski definition) is 0. The van der Waals surface area contributed by atoms with Crippen LogP contribution in [0.3, 0.4) is 0 Å². The number of urea groups is 1. The van der Waals surface area contributed by atoms with E-state index in [9.17, 15) is 14.4 Å². The van der Waals surface area contributed by atoms with E-state index < -0.39 is 17.0 Å². The molecule has 1 spiro atoms. The fourth-order valence-electron chi connectivity index (χ4n) is 4.71. The van der Waals surface area contributed by atoms with Gasteiger partial charge < -0.3 is 9.64 Å². The minimum atomic E-state index is -1.18. The van der Waals surface area contributed by atoms with Crippen molar-refractivity contribution in [3.05, 3.63) is 45.8 Å². The molecule has 0 N–H and O–H groups in total. The standard InChI is InChI=1S/C20H21N3O4/c1-5-27-17(25)19(21-2)8-12-6-14-10-20(11-15(14)7-13(12)9-19)16(24)22(3)18(26)23(20)4/h6-7H,5,8-11H2,1,3-4H3. The number of carbonyl (C=O) groups is 3. The number of hydrogen-bond acceptors (Lipinski definition) is 4. The first kappa shape index (κ1) is 17.5. The number of ether oxygens (including phenoxy) is 1. The predicted molar refractivity (Wildman–Crippen MR) is 95.9 cm³/mol. The number of benzene rings is 1. The largest absolute Gasteiger partial charge is 0.460 e. The summed E-state index contributed by atoms with van der Waals surface area (Å²) in [5, 5.41) is 0. The smallest absolute Gasteiger partial charge is 0.394 e. The first-order valence-electron chi connectivity index (χ1n) is 9.03. The highest BCUT2D eigenvalue weighted by atomic mass is 16.5. The zero-order valence-corrected chi connectivity index (χ0v) is 15.7. The Bertz CT molecular complexity index is 895. The molecular formula is C20H21N3O4. The number of esters is 1.